The second-order valence-electron chi connectivity index (χ2n) is 4.39. The predicted octanol–water partition coefficient (Wildman–Crippen LogP) is 4.78. The highest BCUT2D eigenvalue weighted by molar-refractivity contribution is 9.11. The third kappa shape index (κ3) is 3.85. The van der Waals surface area contributed by atoms with Gasteiger partial charge in [0.05, 0.1) is 11.6 Å². The largest absolute Gasteiger partial charge is 0.416 e. The lowest BCUT2D eigenvalue weighted by molar-refractivity contribution is -0.137. The average molecular weight is 424 g/mol. The molecule has 2 nitrogen and oxygen atoms in total. The minimum Gasteiger partial charge on any atom is -0.271 e. The molecule has 0 aliphatic rings. The fourth-order valence-electron chi connectivity index (χ4n) is 1.97. The van der Waals surface area contributed by atoms with Crippen LogP contribution in [0.2, 0.25) is 0 Å². The van der Waals surface area contributed by atoms with Crippen molar-refractivity contribution in [2.75, 3.05) is 0 Å². The van der Waals surface area contributed by atoms with E-state index in [0.29, 0.717) is 5.56 Å². The van der Waals surface area contributed by atoms with E-state index in [1.807, 2.05) is 18.2 Å². The number of nitrogens with two attached hydrogens (primary N) is 1. The first-order valence-corrected chi connectivity index (χ1v) is 7.50. The zero-order valence-electron chi connectivity index (χ0n) is 10.6. The quantitative estimate of drug-likeness (QED) is 0.550. The lowest BCUT2D eigenvalue weighted by Crippen LogP contribution is -2.29. The maximum Gasteiger partial charge on any atom is 0.416 e. The van der Waals surface area contributed by atoms with Crippen molar-refractivity contribution in [2.45, 2.75) is 12.2 Å². The summed E-state index contributed by atoms with van der Waals surface area (Å²) >= 11 is 6.78. The molecular weight excluding hydrogens is 413 g/mol. The molecule has 0 aliphatic heterocycles. The molecule has 21 heavy (non-hydrogen) atoms. The van der Waals surface area contributed by atoms with Crippen molar-refractivity contribution in [3.05, 3.63) is 68.1 Å². The Morgan fingerprint density at radius 2 is 1.62 bits per heavy atom. The van der Waals surface area contributed by atoms with E-state index in [1.54, 1.807) is 0 Å². The van der Waals surface area contributed by atoms with Crippen molar-refractivity contribution in [3.63, 3.8) is 0 Å². The van der Waals surface area contributed by atoms with Crippen LogP contribution in [-0.2, 0) is 6.18 Å². The maximum absolute atomic E-state index is 12.6. The molecule has 0 amide bonds. The van der Waals surface area contributed by atoms with E-state index in [1.165, 1.54) is 12.1 Å². The Morgan fingerprint density at radius 1 is 1.00 bits per heavy atom. The Kier molecular flexibility index (Phi) is 5.08. The molecule has 1 atom stereocenters. The second-order valence-corrected chi connectivity index (χ2v) is 6.16. The van der Waals surface area contributed by atoms with Crippen molar-refractivity contribution < 1.29 is 13.2 Å². The lowest BCUT2D eigenvalue weighted by Gasteiger charge is -2.19. The Balaban J connectivity index is 2.40. The van der Waals surface area contributed by atoms with Crippen molar-refractivity contribution >= 4 is 31.9 Å². The van der Waals surface area contributed by atoms with Gasteiger partial charge in [0.15, 0.2) is 0 Å². The van der Waals surface area contributed by atoms with Gasteiger partial charge < -0.3 is 0 Å². The van der Waals surface area contributed by atoms with E-state index in [2.05, 4.69) is 37.3 Å². The molecule has 112 valence electrons. The minimum atomic E-state index is -4.35. The number of alkyl halides is 3. The van der Waals surface area contributed by atoms with Gasteiger partial charge >= 0.3 is 6.18 Å². The monoisotopic (exact) mass is 422 g/mol. The summed E-state index contributed by atoms with van der Waals surface area (Å²) in [6, 6.07) is 10.1. The summed E-state index contributed by atoms with van der Waals surface area (Å²) in [5.41, 5.74) is 3.41. The molecule has 0 saturated heterocycles. The van der Waals surface area contributed by atoms with Crippen LogP contribution >= 0.6 is 31.9 Å². The standard InChI is InChI=1S/C14H11Br2F3N2/c15-10-5-6-12(16)11(7-10)13(21-20)8-1-3-9(4-2-8)14(17,18)19/h1-7,13,21H,20H2. The molecule has 0 aliphatic carbocycles. The van der Waals surface area contributed by atoms with E-state index in [0.717, 1.165) is 26.6 Å². The van der Waals surface area contributed by atoms with Crippen LogP contribution in [0.5, 0.6) is 0 Å². The number of benzene rings is 2. The molecule has 0 aromatic heterocycles. The highest BCUT2D eigenvalue weighted by Gasteiger charge is 2.30. The van der Waals surface area contributed by atoms with Crippen molar-refractivity contribution in [1.82, 2.24) is 5.43 Å². The van der Waals surface area contributed by atoms with Crippen LogP contribution in [0.1, 0.15) is 22.7 Å². The van der Waals surface area contributed by atoms with Gasteiger partial charge in [0.2, 0.25) is 0 Å². The van der Waals surface area contributed by atoms with E-state index in [9.17, 15) is 13.2 Å². The molecule has 0 heterocycles. The van der Waals surface area contributed by atoms with Gasteiger partial charge in [-0.05, 0) is 41.5 Å². The predicted molar refractivity (Wildman–Crippen MR) is 82.5 cm³/mol. The molecule has 1 unspecified atom stereocenters. The first-order valence-electron chi connectivity index (χ1n) is 5.91. The molecule has 0 bridgehead atoms. The van der Waals surface area contributed by atoms with Crippen LogP contribution < -0.4 is 11.3 Å². The maximum atomic E-state index is 12.6. The zero-order valence-corrected chi connectivity index (χ0v) is 13.8. The summed E-state index contributed by atoms with van der Waals surface area (Å²) < 4.78 is 39.4. The van der Waals surface area contributed by atoms with Crippen molar-refractivity contribution in [2.24, 2.45) is 5.84 Å². The summed E-state index contributed by atoms with van der Waals surface area (Å²) in [5.74, 6) is 5.57. The van der Waals surface area contributed by atoms with E-state index < -0.39 is 17.8 Å². The fraction of sp³-hybridized carbons (Fsp3) is 0.143. The number of halogens is 5. The van der Waals surface area contributed by atoms with Gasteiger partial charge in [0, 0.05) is 8.95 Å². The van der Waals surface area contributed by atoms with Gasteiger partial charge in [0.25, 0.3) is 0 Å². The number of hydrogen-bond donors (Lipinski definition) is 2. The molecule has 2 aromatic rings. The summed E-state index contributed by atoms with van der Waals surface area (Å²) in [7, 11) is 0. The zero-order chi connectivity index (χ0) is 15.6. The normalized spacial score (nSPS) is 13.2. The molecule has 2 aromatic carbocycles. The van der Waals surface area contributed by atoms with Gasteiger partial charge in [-0.3, -0.25) is 5.84 Å². The molecule has 0 fully saturated rings. The molecule has 0 saturated carbocycles. The minimum absolute atomic E-state index is 0.417. The Bertz CT molecular complexity index is 627. The number of rotatable bonds is 3. The third-order valence-electron chi connectivity index (χ3n) is 3.01. The Labute approximate surface area is 136 Å². The molecular formula is C14H11Br2F3N2. The fourth-order valence-corrected chi connectivity index (χ4v) is 2.82. The highest BCUT2D eigenvalue weighted by Crippen LogP contribution is 2.33. The third-order valence-corrected chi connectivity index (χ3v) is 4.22. The highest BCUT2D eigenvalue weighted by atomic mass is 79.9. The summed E-state index contributed by atoms with van der Waals surface area (Å²) in [4.78, 5) is 0. The van der Waals surface area contributed by atoms with E-state index in [-0.39, 0.29) is 0 Å². The van der Waals surface area contributed by atoms with Crippen molar-refractivity contribution in [3.8, 4) is 0 Å². The van der Waals surface area contributed by atoms with Crippen LogP contribution in [-0.4, -0.2) is 0 Å². The first-order chi connectivity index (χ1) is 9.82. The molecule has 7 heteroatoms. The van der Waals surface area contributed by atoms with Gasteiger partial charge in [-0.1, -0.05) is 44.0 Å². The van der Waals surface area contributed by atoms with Crippen LogP contribution in [0.15, 0.2) is 51.4 Å². The Hall–Kier alpha value is -0.890. The SMILES string of the molecule is NNC(c1ccc(C(F)(F)F)cc1)c1cc(Br)ccc1Br. The summed E-state index contributed by atoms with van der Waals surface area (Å²) in [5, 5.41) is 0. The number of nitrogens with one attached hydrogen (secondary N) is 1. The number of hydrazine groups is 1. The van der Waals surface area contributed by atoms with Gasteiger partial charge in [0.1, 0.15) is 0 Å². The topological polar surface area (TPSA) is 38.0 Å². The average Bonchev–Trinajstić information content (AvgIpc) is 2.43. The van der Waals surface area contributed by atoms with Crippen LogP contribution in [0.3, 0.4) is 0 Å². The van der Waals surface area contributed by atoms with Gasteiger partial charge in [-0.25, -0.2) is 5.43 Å². The van der Waals surface area contributed by atoms with Gasteiger partial charge in [-0.2, -0.15) is 13.2 Å². The summed E-state index contributed by atoms with van der Waals surface area (Å²) in [6.45, 7) is 0. The smallest absolute Gasteiger partial charge is 0.271 e. The van der Waals surface area contributed by atoms with E-state index in [4.69, 9.17) is 5.84 Å². The van der Waals surface area contributed by atoms with Crippen LogP contribution in [0, 0.1) is 0 Å². The second kappa shape index (κ2) is 6.48. The van der Waals surface area contributed by atoms with E-state index >= 15 is 0 Å². The molecule has 0 radical (unpaired) electrons. The molecule has 0 spiro atoms. The van der Waals surface area contributed by atoms with Crippen molar-refractivity contribution in [1.29, 1.82) is 0 Å². The van der Waals surface area contributed by atoms with Crippen LogP contribution in [0.4, 0.5) is 13.2 Å². The van der Waals surface area contributed by atoms with Gasteiger partial charge in [-0.15, -0.1) is 0 Å². The molecule has 2 rings (SSSR count). The summed E-state index contributed by atoms with van der Waals surface area (Å²) in [6.07, 6.45) is -4.35. The molecule has 3 N–H and O–H groups in total. The first kappa shape index (κ1) is 16.5. The Morgan fingerprint density at radius 3 is 2.14 bits per heavy atom. The number of hydrogen-bond acceptors (Lipinski definition) is 2. The lowest BCUT2D eigenvalue weighted by atomic mass is 9.98. The van der Waals surface area contributed by atoms with Crippen LogP contribution in [0.25, 0.3) is 0 Å².